The van der Waals surface area contributed by atoms with Crippen molar-refractivity contribution in [2.24, 2.45) is 5.90 Å². The first kappa shape index (κ1) is 11.9. The fraction of sp³-hybridized carbons (Fsp3) is 1.00. The van der Waals surface area contributed by atoms with E-state index in [1.165, 1.54) is 10.6 Å². The summed E-state index contributed by atoms with van der Waals surface area (Å²) in [6.07, 6.45) is 4.65. The molecule has 0 amide bonds. The maximum absolute atomic E-state index is 11.3. The minimum absolute atomic E-state index is 0.0965. The van der Waals surface area contributed by atoms with Crippen LogP contribution in [0.15, 0.2) is 0 Å². The minimum atomic E-state index is -3.07. The van der Waals surface area contributed by atoms with Crippen molar-refractivity contribution in [3.05, 3.63) is 0 Å². The Balaban J connectivity index is 2.50. The van der Waals surface area contributed by atoms with Crippen molar-refractivity contribution in [2.75, 3.05) is 13.3 Å². The average molecular weight is 222 g/mol. The lowest BCUT2D eigenvalue weighted by atomic mass is 9.93. The van der Waals surface area contributed by atoms with Gasteiger partial charge in [0, 0.05) is 13.1 Å². The molecule has 0 spiro atoms. The maximum Gasteiger partial charge on any atom is 0.211 e. The largest absolute Gasteiger partial charge is 0.301 e. The van der Waals surface area contributed by atoms with Crippen molar-refractivity contribution in [2.45, 2.75) is 37.8 Å². The standard InChI is InChI=1S/C8H18N2O3S/c1-10(14(2,11)12)7-3-5-8(13-9)6-4-7/h7-8H,3-6,9H2,1-2H3. The Morgan fingerprint density at radius 2 is 1.79 bits per heavy atom. The highest BCUT2D eigenvalue weighted by Crippen LogP contribution is 2.24. The Labute approximate surface area is 85.2 Å². The van der Waals surface area contributed by atoms with Gasteiger partial charge >= 0.3 is 0 Å². The molecule has 6 heteroatoms. The van der Waals surface area contributed by atoms with E-state index < -0.39 is 10.0 Å². The summed E-state index contributed by atoms with van der Waals surface area (Å²) in [6.45, 7) is 0. The molecule has 0 aromatic heterocycles. The van der Waals surface area contributed by atoms with Crippen LogP contribution in [-0.2, 0) is 14.9 Å². The lowest BCUT2D eigenvalue weighted by Crippen LogP contribution is -2.40. The zero-order valence-electron chi connectivity index (χ0n) is 8.64. The molecule has 14 heavy (non-hydrogen) atoms. The second-order valence-corrected chi connectivity index (χ2v) is 5.89. The smallest absolute Gasteiger partial charge is 0.211 e. The van der Waals surface area contributed by atoms with Crippen molar-refractivity contribution >= 4 is 10.0 Å². The Morgan fingerprint density at radius 1 is 1.29 bits per heavy atom. The number of hydrogen-bond acceptors (Lipinski definition) is 4. The van der Waals surface area contributed by atoms with Crippen LogP contribution in [0, 0.1) is 0 Å². The van der Waals surface area contributed by atoms with Gasteiger partial charge in [-0.3, -0.25) is 0 Å². The molecular formula is C8H18N2O3S. The normalized spacial score (nSPS) is 29.4. The van der Waals surface area contributed by atoms with E-state index in [9.17, 15) is 8.42 Å². The van der Waals surface area contributed by atoms with Crippen molar-refractivity contribution in [3.63, 3.8) is 0 Å². The van der Waals surface area contributed by atoms with Gasteiger partial charge in [0.2, 0.25) is 10.0 Å². The summed E-state index contributed by atoms with van der Waals surface area (Å²) in [5, 5.41) is 0. The Kier molecular flexibility index (Phi) is 3.88. The Hall–Kier alpha value is -0.170. The molecule has 0 atom stereocenters. The highest BCUT2D eigenvalue weighted by atomic mass is 32.2. The predicted molar refractivity (Wildman–Crippen MR) is 53.9 cm³/mol. The quantitative estimate of drug-likeness (QED) is 0.686. The molecule has 0 unspecified atom stereocenters. The molecule has 1 aliphatic rings. The molecule has 1 rings (SSSR count). The first-order valence-corrected chi connectivity index (χ1v) is 6.58. The van der Waals surface area contributed by atoms with Crippen LogP contribution in [0.4, 0.5) is 0 Å². The second-order valence-electron chi connectivity index (χ2n) is 3.85. The van der Waals surface area contributed by atoms with Gasteiger partial charge in [-0.25, -0.2) is 18.6 Å². The first-order valence-electron chi connectivity index (χ1n) is 4.73. The van der Waals surface area contributed by atoms with Gasteiger partial charge in [-0.1, -0.05) is 0 Å². The van der Waals surface area contributed by atoms with Crippen LogP contribution >= 0.6 is 0 Å². The highest BCUT2D eigenvalue weighted by molar-refractivity contribution is 7.88. The number of nitrogens with two attached hydrogens (primary N) is 1. The number of sulfonamides is 1. The maximum atomic E-state index is 11.3. The summed E-state index contributed by atoms with van der Waals surface area (Å²) >= 11 is 0. The van der Waals surface area contributed by atoms with Gasteiger partial charge in [0.1, 0.15) is 0 Å². The molecule has 0 aromatic carbocycles. The van der Waals surface area contributed by atoms with Crippen LogP contribution in [0.5, 0.6) is 0 Å². The zero-order chi connectivity index (χ0) is 10.8. The number of nitrogens with zero attached hydrogens (tertiary/aromatic N) is 1. The molecule has 0 heterocycles. The topological polar surface area (TPSA) is 72.6 Å². The lowest BCUT2D eigenvalue weighted by Gasteiger charge is -2.32. The van der Waals surface area contributed by atoms with E-state index in [1.54, 1.807) is 7.05 Å². The van der Waals surface area contributed by atoms with Crippen LogP contribution < -0.4 is 5.90 Å². The van der Waals surface area contributed by atoms with Crippen molar-refractivity contribution in [3.8, 4) is 0 Å². The molecule has 5 nitrogen and oxygen atoms in total. The van der Waals surface area contributed by atoms with Gasteiger partial charge in [0.15, 0.2) is 0 Å². The third-order valence-electron chi connectivity index (χ3n) is 2.87. The molecule has 1 aliphatic carbocycles. The van der Waals surface area contributed by atoms with Crippen molar-refractivity contribution in [1.82, 2.24) is 4.31 Å². The van der Waals surface area contributed by atoms with Crippen LogP contribution in [-0.4, -0.2) is 38.2 Å². The monoisotopic (exact) mass is 222 g/mol. The van der Waals surface area contributed by atoms with Crippen molar-refractivity contribution < 1.29 is 13.3 Å². The van der Waals surface area contributed by atoms with Crippen LogP contribution in [0.2, 0.25) is 0 Å². The van der Waals surface area contributed by atoms with Crippen LogP contribution in [0.1, 0.15) is 25.7 Å². The SMILES string of the molecule is CN(C1CCC(ON)CC1)S(C)(=O)=O. The summed E-state index contributed by atoms with van der Waals surface area (Å²) in [4.78, 5) is 4.74. The highest BCUT2D eigenvalue weighted by Gasteiger charge is 2.28. The van der Waals surface area contributed by atoms with Gasteiger partial charge in [-0.05, 0) is 25.7 Å². The van der Waals surface area contributed by atoms with E-state index in [0.717, 1.165) is 25.7 Å². The molecule has 2 N–H and O–H groups in total. The van der Waals surface area contributed by atoms with Gasteiger partial charge in [0.25, 0.3) is 0 Å². The predicted octanol–water partition coefficient (Wildman–Crippen LogP) is 0.0793. The van der Waals surface area contributed by atoms with E-state index in [4.69, 9.17) is 10.7 Å². The minimum Gasteiger partial charge on any atom is -0.301 e. The summed E-state index contributed by atoms with van der Waals surface area (Å²) in [5.41, 5.74) is 0. The molecule has 0 radical (unpaired) electrons. The summed E-state index contributed by atoms with van der Waals surface area (Å²) < 4.78 is 23.9. The van der Waals surface area contributed by atoms with E-state index >= 15 is 0 Å². The Bertz CT molecular complexity index is 270. The molecular weight excluding hydrogens is 204 g/mol. The third kappa shape index (κ3) is 2.91. The molecule has 1 saturated carbocycles. The molecule has 0 aromatic rings. The number of hydrogen-bond donors (Lipinski definition) is 1. The van der Waals surface area contributed by atoms with Gasteiger partial charge < -0.3 is 4.84 Å². The molecule has 84 valence electrons. The lowest BCUT2D eigenvalue weighted by molar-refractivity contribution is 0.0168. The summed E-state index contributed by atoms with van der Waals surface area (Å²) in [7, 11) is -1.44. The molecule has 0 bridgehead atoms. The zero-order valence-corrected chi connectivity index (χ0v) is 9.46. The second kappa shape index (κ2) is 4.57. The fourth-order valence-corrected chi connectivity index (χ4v) is 2.57. The average Bonchev–Trinajstić information content (AvgIpc) is 2.15. The van der Waals surface area contributed by atoms with E-state index in [2.05, 4.69) is 0 Å². The van der Waals surface area contributed by atoms with E-state index in [1.807, 2.05) is 0 Å². The molecule has 0 aliphatic heterocycles. The summed E-state index contributed by atoms with van der Waals surface area (Å²) in [5.74, 6) is 5.08. The van der Waals surface area contributed by atoms with E-state index in [-0.39, 0.29) is 12.1 Å². The fourth-order valence-electron chi connectivity index (χ4n) is 1.82. The van der Waals surface area contributed by atoms with Crippen LogP contribution in [0.3, 0.4) is 0 Å². The van der Waals surface area contributed by atoms with Gasteiger partial charge in [-0.15, -0.1) is 0 Å². The first-order chi connectivity index (χ1) is 6.45. The third-order valence-corrected chi connectivity index (χ3v) is 4.22. The van der Waals surface area contributed by atoms with Crippen molar-refractivity contribution in [1.29, 1.82) is 0 Å². The number of rotatable bonds is 3. The Morgan fingerprint density at radius 3 is 2.14 bits per heavy atom. The van der Waals surface area contributed by atoms with Gasteiger partial charge in [0.05, 0.1) is 12.4 Å². The van der Waals surface area contributed by atoms with Crippen LogP contribution in [0.25, 0.3) is 0 Å². The van der Waals surface area contributed by atoms with Gasteiger partial charge in [-0.2, -0.15) is 0 Å². The molecule has 0 saturated heterocycles. The summed E-state index contributed by atoms with van der Waals surface area (Å²) in [6, 6.07) is 0.108. The van der Waals surface area contributed by atoms with E-state index in [0.29, 0.717) is 0 Å². The molecule has 1 fully saturated rings.